The van der Waals surface area contributed by atoms with E-state index in [2.05, 4.69) is 0 Å². The molecule has 6 nitrogen and oxygen atoms in total. The van der Waals surface area contributed by atoms with Crippen LogP contribution in [0.15, 0.2) is 47.1 Å². The molecule has 0 spiro atoms. The highest BCUT2D eigenvalue weighted by atomic mass is 16.5. The molecule has 6 heteroatoms. The zero-order valence-electron chi connectivity index (χ0n) is 16.4. The van der Waals surface area contributed by atoms with Gasteiger partial charge in [-0.1, -0.05) is 24.3 Å². The summed E-state index contributed by atoms with van der Waals surface area (Å²) in [7, 11) is 1.66. The van der Waals surface area contributed by atoms with Gasteiger partial charge in [0.15, 0.2) is 0 Å². The molecule has 0 aliphatic heterocycles. The number of unbranched alkanes of at least 4 members (excludes halogenated alkanes) is 1. The average Bonchev–Trinajstić information content (AvgIpc) is 3.26. The van der Waals surface area contributed by atoms with E-state index >= 15 is 0 Å². The standard InChI is InChI=1S/C22H32O6/c1-27-16(10-11-17-7-6-14-28-17)12-13-19-18(20(23)15-21(19)24)8-4-2-3-5-9-22(25)26/h2,4,6-7,12-14,16,18-21,23-24H,3,5,8-11,15H2,1H3,(H,25,26). The first-order chi connectivity index (χ1) is 13.5. The van der Waals surface area contributed by atoms with E-state index in [-0.39, 0.29) is 24.4 Å². The molecular weight excluding hydrogens is 360 g/mol. The van der Waals surface area contributed by atoms with Crippen LogP contribution in [0.4, 0.5) is 0 Å². The summed E-state index contributed by atoms with van der Waals surface area (Å²) in [4.78, 5) is 10.5. The summed E-state index contributed by atoms with van der Waals surface area (Å²) < 4.78 is 10.9. The summed E-state index contributed by atoms with van der Waals surface area (Å²) in [5.41, 5.74) is 0. The fraction of sp³-hybridized carbons (Fsp3) is 0.591. The molecule has 1 heterocycles. The van der Waals surface area contributed by atoms with Crippen molar-refractivity contribution in [3.8, 4) is 0 Å². The summed E-state index contributed by atoms with van der Waals surface area (Å²) in [6.07, 6.45) is 12.4. The molecule has 0 amide bonds. The molecule has 1 aromatic heterocycles. The molecule has 0 saturated heterocycles. The number of aliphatic carboxylic acids is 1. The van der Waals surface area contributed by atoms with Crippen molar-refractivity contribution in [3.05, 3.63) is 48.5 Å². The molecule has 1 fully saturated rings. The third-order valence-corrected chi connectivity index (χ3v) is 5.36. The maximum Gasteiger partial charge on any atom is 0.303 e. The van der Waals surface area contributed by atoms with Gasteiger partial charge < -0.3 is 24.5 Å². The molecule has 1 aliphatic carbocycles. The number of carboxylic acid groups (broad SMARTS) is 1. The van der Waals surface area contributed by atoms with E-state index in [0.717, 1.165) is 18.6 Å². The summed E-state index contributed by atoms with van der Waals surface area (Å²) in [5.74, 6) is -0.0464. The molecule has 1 aromatic rings. The van der Waals surface area contributed by atoms with Gasteiger partial charge in [-0.25, -0.2) is 0 Å². The maximum atomic E-state index is 10.5. The van der Waals surface area contributed by atoms with Gasteiger partial charge in [0.25, 0.3) is 0 Å². The lowest BCUT2D eigenvalue weighted by molar-refractivity contribution is -0.137. The minimum Gasteiger partial charge on any atom is -0.481 e. The Bertz CT molecular complexity index is 621. The van der Waals surface area contributed by atoms with Gasteiger partial charge in [-0.15, -0.1) is 0 Å². The fourth-order valence-corrected chi connectivity index (χ4v) is 3.73. The van der Waals surface area contributed by atoms with Crippen LogP contribution in [-0.4, -0.2) is 46.7 Å². The van der Waals surface area contributed by atoms with Gasteiger partial charge in [-0.2, -0.15) is 0 Å². The minimum absolute atomic E-state index is 0.0513. The van der Waals surface area contributed by atoms with Crippen LogP contribution in [0.1, 0.15) is 44.3 Å². The SMILES string of the molecule is COC(C=CC1C(O)CC(O)C1CC=CCCCC(=O)O)CCc1ccco1. The van der Waals surface area contributed by atoms with Crippen molar-refractivity contribution in [2.45, 2.75) is 63.3 Å². The Kier molecular flexibility index (Phi) is 9.47. The highest BCUT2D eigenvalue weighted by molar-refractivity contribution is 5.66. The van der Waals surface area contributed by atoms with E-state index in [0.29, 0.717) is 25.7 Å². The van der Waals surface area contributed by atoms with E-state index in [9.17, 15) is 15.0 Å². The van der Waals surface area contributed by atoms with Crippen LogP contribution in [-0.2, 0) is 16.0 Å². The van der Waals surface area contributed by atoms with E-state index in [1.807, 2.05) is 36.4 Å². The number of ether oxygens (including phenoxy) is 1. The van der Waals surface area contributed by atoms with Crippen LogP contribution < -0.4 is 0 Å². The van der Waals surface area contributed by atoms with Crippen molar-refractivity contribution in [2.75, 3.05) is 7.11 Å². The lowest BCUT2D eigenvalue weighted by Crippen LogP contribution is -2.20. The van der Waals surface area contributed by atoms with Gasteiger partial charge in [0.05, 0.1) is 24.6 Å². The highest BCUT2D eigenvalue weighted by Crippen LogP contribution is 2.36. The monoisotopic (exact) mass is 392 g/mol. The second kappa shape index (κ2) is 11.8. The summed E-state index contributed by atoms with van der Waals surface area (Å²) in [6, 6.07) is 3.80. The van der Waals surface area contributed by atoms with Crippen LogP contribution in [0.3, 0.4) is 0 Å². The van der Waals surface area contributed by atoms with Gasteiger partial charge in [-0.05, 0) is 43.7 Å². The first-order valence-electron chi connectivity index (χ1n) is 9.97. The van der Waals surface area contributed by atoms with Crippen molar-refractivity contribution in [1.82, 2.24) is 0 Å². The van der Waals surface area contributed by atoms with Crippen LogP contribution >= 0.6 is 0 Å². The second-order valence-electron chi connectivity index (χ2n) is 7.38. The van der Waals surface area contributed by atoms with Gasteiger partial charge in [-0.3, -0.25) is 4.79 Å². The van der Waals surface area contributed by atoms with Gasteiger partial charge in [0.1, 0.15) is 5.76 Å². The Morgan fingerprint density at radius 3 is 2.86 bits per heavy atom. The van der Waals surface area contributed by atoms with Crippen LogP contribution in [0.25, 0.3) is 0 Å². The maximum absolute atomic E-state index is 10.5. The lowest BCUT2D eigenvalue weighted by atomic mass is 9.89. The molecule has 3 N–H and O–H groups in total. The molecule has 5 atom stereocenters. The predicted octanol–water partition coefficient (Wildman–Crippen LogP) is 3.34. The van der Waals surface area contributed by atoms with Crippen LogP contribution in [0.5, 0.6) is 0 Å². The third-order valence-electron chi connectivity index (χ3n) is 5.36. The molecule has 5 unspecified atom stereocenters. The largest absolute Gasteiger partial charge is 0.481 e. The predicted molar refractivity (Wildman–Crippen MR) is 106 cm³/mol. The first-order valence-corrected chi connectivity index (χ1v) is 9.97. The Hall–Kier alpha value is -1.89. The number of rotatable bonds is 12. The summed E-state index contributed by atoms with van der Waals surface area (Å²) in [5, 5.41) is 29.3. The van der Waals surface area contributed by atoms with Gasteiger partial charge in [0.2, 0.25) is 0 Å². The number of carboxylic acids is 1. The zero-order chi connectivity index (χ0) is 20.4. The van der Waals surface area contributed by atoms with Gasteiger partial charge >= 0.3 is 5.97 Å². The molecule has 0 radical (unpaired) electrons. The Labute approximate surface area is 166 Å². The highest BCUT2D eigenvalue weighted by Gasteiger charge is 2.39. The van der Waals surface area contributed by atoms with Crippen molar-refractivity contribution < 1.29 is 29.3 Å². The second-order valence-corrected chi connectivity index (χ2v) is 7.38. The van der Waals surface area contributed by atoms with E-state index in [1.165, 1.54) is 0 Å². The smallest absolute Gasteiger partial charge is 0.303 e. The number of allylic oxidation sites excluding steroid dienone is 2. The molecule has 1 aliphatic rings. The van der Waals surface area contributed by atoms with Crippen molar-refractivity contribution >= 4 is 5.97 Å². The Balaban J connectivity index is 1.85. The number of hydrogen-bond acceptors (Lipinski definition) is 5. The van der Waals surface area contributed by atoms with Crippen LogP contribution in [0, 0.1) is 11.8 Å². The average molecular weight is 392 g/mol. The third kappa shape index (κ3) is 7.26. The fourth-order valence-electron chi connectivity index (χ4n) is 3.73. The molecular formula is C22H32O6. The van der Waals surface area contributed by atoms with Crippen molar-refractivity contribution in [1.29, 1.82) is 0 Å². The van der Waals surface area contributed by atoms with E-state index in [1.54, 1.807) is 13.4 Å². The number of furan rings is 1. The van der Waals surface area contributed by atoms with E-state index < -0.39 is 18.2 Å². The summed E-state index contributed by atoms with van der Waals surface area (Å²) in [6.45, 7) is 0. The normalized spacial score (nSPS) is 26.4. The first kappa shape index (κ1) is 22.4. The topological polar surface area (TPSA) is 100 Å². The minimum atomic E-state index is -0.785. The van der Waals surface area contributed by atoms with Gasteiger partial charge in [0, 0.05) is 32.3 Å². The lowest BCUT2D eigenvalue weighted by Gasteiger charge is -2.20. The van der Waals surface area contributed by atoms with Crippen molar-refractivity contribution in [3.63, 3.8) is 0 Å². The van der Waals surface area contributed by atoms with E-state index in [4.69, 9.17) is 14.3 Å². The number of aliphatic hydroxyl groups excluding tert-OH is 2. The molecule has 2 rings (SSSR count). The molecule has 0 aromatic carbocycles. The quantitative estimate of drug-likeness (QED) is 0.373. The molecule has 28 heavy (non-hydrogen) atoms. The number of hydrogen-bond donors (Lipinski definition) is 3. The number of aliphatic hydroxyl groups is 2. The molecule has 1 saturated carbocycles. The summed E-state index contributed by atoms with van der Waals surface area (Å²) >= 11 is 0. The number of aryl methyl sites for hydroxylation is 1. The zero-order valence-corrected chi connectivity index (χ0v) is 16.4. The number of methoxy groups -OCH3 is 1. The Morgan fingerprint density at radius 2 is 2.18 bits per heavy atom. The number of carbonyl (C=O) groups is 1. The van der Waals surface area contributed by atoms with Crippen molar-refractivity contribution in [2.24, 2.45) is 11.8 Å². The molecule has 156 valence electrons. The van der Waals surface area contributed by atoms with Crippen LogP contribution in [0.2, 0.25) is 0 Å². The molecule has 0 bridgehead atoms. The Morgan fingerprint density at radius 1 is 1.36 bits per heavy atom.